The fourth-order valence-corrected chi connectivity index (χ4v) is 8.15. The maximum atomic E-state index is 14.2. The Morgan fingerprint density at radius 3 is 2.39 bits per heavy atom. The number of aliphatic carboxylic acids is 1. The summed E-state index contributed by atoms with van der Waals surface area (Å²) in [5.74, 6) is -0.0664. The summed E-state index contributed by atoms with van der Waals surface area (Å²) in [7, 11) is 0. The molecule has 0 unspecified atom stereocenters. The van der Waals surface area contributed by atoms with Crippen molar-refractivity contribution in [1.29, 1.82) is 0 Å². The van der Waals surface area contributed by atoms with E-state index in [9.17, 15) is 19.5 Å². The molecule has 2 aromatic heterocycles. The summed E-state index contributed by atoms with van der Waals surface area (Å²) in [5.41, 5.74) is 8.00. The highest BCUT2D eigenvalue weighted by Gasteiger charge is 2.39. The summed E-state index contributed by atoms with van der Waals surface area (Å²) in [6.45, 7) is 7.77. The van der Waals surface area contributed by atoms with Gasteiger partial charge in [-0.15, -0.1) is 0 Å². The highest BCUT2D eigenvalue weighted by atomic mass is 35.5. The van der Waals surface area contributed by atoms with Crippen LogP contribution in [0.4, 0.5) is 0 Å². The predicted molar refractivity (Wildman–Crippen MR) is 228 cm³/mol. The van der Waals surface area contributed by atoms with Crippen LogP contribution >= 0.6 is 23.2 Å². The summed E-state index contributed by atoms with van der Waals surface area (Å²) in [6.07, 6.45) is 1.45. The van der Waals surface area contributed by atoms with Crippen molar-refractivity contribution < 1.29 is 38.1 Å². The van der Waals surface area contributed by atoms with E-state index in [1.54, 1.807) is 32.2 Å². The molecule has 2 N–H and O–H groups in total. The number of ether oxygens (including phenoxy) is 3. The van der Waals surface area contributed by atoms with Gasteiger partial charge in [-0.3, -0.25) is 14.6 Å². The number of oxazole rings is 1. The second-order valence-corrected chi connectivity index (χ2v) is 16.1. The second-order valence-electron chi connectivity index (χ2n) is 15.2. The van der Waals surface area contributed by atoms with Gasteiger partial charge in [0, 0.05) is 53.8 Å². The van der Waals surface area contributed by atoms with Gasteiger partial charge in [0.05, 0.1) is 0 Å². The lowest BCUT2D eigenvalue weighted by atomic mass is 9.91. The zero-order chi connectivity index (χ0) is 42.9. The van der Waals surface area contributed by atoms with Gasteiger partial charge in [-0.05, 0) is 102 Å². The van der Waals surface area contributed by atoms with Crippen molar-refractivity contribution in [1.82, 2.24) is 20.2 Å². The van der Waals surface area contributed by atoms with Gasteiger partial charge in [0.2, 0.25) is 5.91 Å². The molecule has 12 nitrogen and oxygen atoms in total. The van der Waals surface area contributed by atoms with Gasteiger partial charge in [0.1, 0.15) is 36.8 Å². The first-order chi connectivity index (χ1) is 29.3. The predicted octanol–water partition coefficient (Wildman–Crippen LogP) is 8.75. The Kier molecular flexibility index (Phi) is 11.7. The van der Waals surface area contributed by atoms with E-state index < -0.39 is 36.0 Å². The smallest absolute Gasteiger partial charge is 0.326 e. The molecule has 0 saturated heterocycles. The van der Waals surface area contributed by atoms with E-state index >= 15 is 0 Å². The molecule has 2 aliphatic heterocycles. The monoisotopic (exact) mass is 860 g/mol. The number of nitrogens with one attached hydrogen (secondary N) is 1. The van der Waals surface area contributed by atoms with Crippen LogP contribution in [0.1, 0.15) is 67.3 Å². The van der Waals surface area contributed by atoms with E-state index in [0.29, 0.717) is 38.9 Å². The van der Waals surface area contributed by atoms with E-state index in [-0.39, 0.29) is 38.3 Å². The number of nitrogens with zero attached hydrogens (tertiary/aromatic N) is 3. The topological polar surface area (TPSA) is 153 Å². The lowest BCUT2D eigenvalue weighted by Gasteiger charge is -2.37. The summed E-state index contributed by atoms with van der Waals surface area (Å²) < 4.78 is 24.2. The second kappa shape index (κ2) is 17.3. The standard InChI is InChI=1S/C47H42Cl2N4O8/c1-25-26(2)50-16-15-37(25)30-7-5-29(6-8-30)17-39(47(56)57)52-45(54)40-18-33-19-41-42(20-34(33)22-53(40)46(55)44-27(3)60-28(4)51-44)61-43(24-59-41)31-10-13-36(14-11-31)58-23-32-9-12-35(48)21-38(32)49/h5-16,19-21,39-40,43H,17-18,22-24H2,1-4H3,(H,52,54)(H,56,57)/t39-,40-,43+/m0/s1. The van der Waals surface area contributed by atoms with Gasteiger partial charge >= 0.3 is 5.97 Å². The van der Waals surface area contributed by atoms with Crippen molar-refractivity contribution in [2.45, 2.75) is 71.9 Å². The van der Waals surface area contributed by atoms with Crippen LogP contribution in [0.3, 0.4) is 0 Å². The molecule has 8 rings (SSSR count). The normalized spacial score (nSPS) is 16.1. The number of amides is 2. The molecule has 0 aliphatic carbocycles. The molecule has 0 bridgehead atoms. The Balaban J connectivity index is 0.994. The Bertz CT molecular complexity index is 2650. The van der Waals surface area contributed by atoms with Gasteiger partial charge < -0.3 is 34.0 Å². The van der Waals surface area contributed by atoms with Crippen LogP contribution in [0.25, 0.3) is 11.1 Å². The lowest BCUT2D eigenvalue weighted by Crippen LogP contribution is -2.56. The van der Waals surface area contributed by atoms with Crippen molar-refractivity contribution in [3.05, 3.63) is 158 Å². The molecule has 0 saturated carbocycles. The molecule has 2 amide bonds. The minimum absolute atomic E-state index is 0.0235. The number of halogens is 2. The summed E-state index contributed by atoms with van der Waals surface area (Å²) >= 11 is 12.3. The Morgan fingerprint density at radius 2 is 1.69 bits per heavy atom. The number of carboxylic acids is 1. The maximum absolute atomic E-state index is 14.2. The van der Waals surface area contributed by atoms with Crippen LogP contribution in [-0.4, -0.2) is 56.4 Å². The quantitative estimate of drug-likeness (QED) is 0.129. The molecule has 3 atom stereocenters. The highest BCUT2D eigenvalue weighted by Crippen LogP contribution is 2.41. The maximum Gasteiger partial charge on any atom is 0.326 e. The Hall–Kier alpha value is -6.37. The largest absolute Gasteiger partial charge is 0.489 e. The minimum atomic E-state index is -1.27. The average molecular weight is 862 g/mol. The molecule has 6 aromatic rings. The number of carboxylic acid groups (broad SMARTS) is 1. The van der Waals surface area contributed by atoms with Crippen molar-refractivity contribution in [2.24, 2.45) is 0 Å². The van der Waals surface area contributed by atoms with Crippen LogP contribution in [0.5, 0.6) is 17.2 Å². The first-order valence-corrected chi connectivity index (χ1v) is 20.5. The fraction of sp³-hybridized carbons (Fsp3) is 0.255. The molecule has 0 fully saturated rings. The number of hydrogen-bond acceptors (Lipinski definition) is 9. The third kappa shape index (κ3) is 8.92. The average Bonchev–Trinajstić information content (AvgIpc) is 3.59. The first-order valence-electron chi connectivity index (χ1n) is 19.7. The molecule has 312 valence electrons. The number of fused-ring (bicyclic) bond motifs is 2. The molecule has 4 aromatic carbocycles. The van der Waals surface area contributed by atoms with Crippen LogP contribution in [0.15, 0.2) is 95.5 Å². The van der Waals surface area contributed by atoms with E-state index in [2.05, 4.69) is 15.3 Å². The lowest BCUT2D eigenvalue weighted by molar-refractivity contribution is -0.142. The number of benzene rings is 4. The number of carbonyl (C=O) groups is 3. The first kappa shape index (κ1) is 41.4. The van der Waals surface area contributed by atoms with Crippen LogP contribution in [0, 0.1) is 27.7 Å². The molecule has 2 aliphatic rings. The molecule has 14 heteroatoms. The minimum Gasteiger partial charge on any atom is -0.489 e. The van der Waals surface area contributed by atoms with Gasteiger partial charge in [-0.25, -0.2) is 9.78 Å². The number of aryl methyl sites for hydroxylation is 3. The van der Waals surface area contributed by atoms with E-state index in [0.717, 1.165) is 50.2 Å². The Labute approximate surface area is 362 Å². The fourth-order valence-electron chi connectivity index (χ4n) is 7.68. The molecule has 4 heterocycles. The van der Waals surface area contributed by atoms with Crippen molar-refractivity contribution in [3.63, 3.8) is 0 Å². The third-order valence-electron chi connectivity index (χ3n) is 11.2. The zero-order valence-electron chi connectivity index (χ0n) is 33.8. The van der Waals surface area contributed by atoms with E-state index in [1.807, 2.05) is 86.6 Å². The van der Waals surface area contributed by atoms with E-state index in [4.69, 9.17) is 41.8 Å². The molecule has 0 spiro atoms. The number of pyridine rings is 1. The number of carbonyl (C=O) groups excluding carboxylic acids is 2. The Morgan fingerprint density at radius 1 is 0.934 bits per heavy atom. The van der Waals surface area contributed by atoms with Crippen LogP contribution in [0.2, 0.25) is 10.0 Å². The van der Waals surface area contributed by atoms with Crippen molar-refractivity contribution in [2.75, 3.05) is 6.61 Å². The van der Waals surface area contributed by atoms with Gasteiger partial charge in [0.25, 0.3) is 5.91 Å². The zero-order valence-corrected chi connectivity index (χ0v) is 35.3. The van der Waals surface area contributed by atoms with Crippen molar-refractivity contribution in [3.8, 4) is 28.4 Å². The molecular weight excluding hydrogens is 819 g/mol. The van der Waals surface area contributed by atoms with Gasteiger partial charge in [-0.1, -0.05) is 65.7 Å². The third-order valence-corrected chi connectivity index (χ3v) is 11.7. The molecule has 61 heavy (non-hydrogen) atoms. The molecule has 0 radical (unpaired) electrons. The number of aromatic nitrogens is 2. The SMILES string of the molecule is Cc1nc(C(=O)N2Cc3cc4c(cc3C[C@H]2C(=O)N[C@@H](Cc2ccc(-c3ccnc(C)c3C)cc2)C(=O)O)OC[C@H](c2ccc(OCc3ccc(Cl)cc3Cl)cc2)O4)c(C)o1. The summed E-state index contributed by atoms with van der Waals surface area (Å²) in [5, 5.41) is 14.1. The van der Waals surface area contributed by atoms with Crippen LogP contribution in [-0.2, 0) is 35.6 Å². The van der Waals surface area contributed by atoms with Crippen LogP contribution < -0.4 is 19.5 Å². The highest BCUT2D eigenvalue weighted by molar-refractivity contribution is 6.35. The van der Waals surface area contributed by atoms with Gasteiger partial charge in [-0.2, -0.15) is 0 Å². The summed E-state index contributed by atoms with van der Waals surface area (Å²) in [6, 6.07) is 23.6. The van der Waals surface area contributed by atoms with E-state index in [1.165, 1.54) is 4.90 Å². The molecular formula is C47H42Cl2N4O8. The van der Waals surface area contributed by atoms with Crippen molar-refractivity contribution >= 4 is 41.0 Å². The number of hydrogen-bond donors (Lipinski definition) is 2. The summed E-state index contributed by atoms with van der Waals surface area (Å²) in [4.78, 5) is 51.1. The number of rotatable bonds is 11. The van der Waals surface area contributed by atoms with Gasteiger partial charge in [0.15, 0.2) is 29.2 Å².